The van der Waals surface area contributed by atoms with Gasteiger partial charge in [0.2, 0.25) is 0 Å². The number of carbonyl (C=O) groups is 1. The number of hydrogen-bond donors (Lipinski definition) is 0. The largest absolute Gasteiger partial charge is 0.482 e. The van der Waals surface area contributed by atoms with E-state index >= 15 is 0 Å². The molecule has 0 saturated carbocycles. The minimum atomic E-state index is -0.368. The van der Waals surface area contributed by atoms with Gasteiger partial charge in [0.05, 0.1) is 6.10 Å². The van der Waals surface area contributed by atoms with Crippen LogP contribution >= 0.6 is 11.6 Å². The summed E-state index contributed by atoms with van der Waals surface area (Å²) >= 11 is 5.98. The Morgan fingerprint density at radius 1 is 1.41 bits per heavy atom. The Morgan fingerprint density at radius 2 is 2.12 bits per heavy atom. The molecule has 4 heteroatoms. The van der Waals surface area contributed by atoms with Gasteiger partial charge in [-0.1, -0.05) is 18.5 Å². The molecule has 0 fully saturated rings. The van der Waals surface area contributed by atoms with Crippen LogP contribution in [0.4, 0.5) is 0 Å². The average Bonchev–Trinajstić information content (AvgIpc) is 2.27. The summed E-state index contributed by atoms with van der Waals surface area (Å²) in [4.78, 5) is 11.3. The van der Waals surface area contributed by atoms with Crippen molar-refractivity contribution in [2.45, 2.75) is 33.3 Å². The Labute approximate surface area is 107 Å². The van der Waals surface area contributed by atoms with Crippen LogP contribution in [0.2, 0.25) is 5.02 Å². The fourth-order valence-corrected chi connectivity index (χ4v) is 1.60. The van der Waals surface area contributed by atoms with Crippen molar-refractivity contribution < 1.29 is 14.3 Å². The summed E-state index contributed by atoms with van der Waals surface area (Å²) in [5.74, 6) is 0.264. The fourth-order valence-electron chi connectivity index (χ4n) is 1.35. The molecular formula is C13H17ClO3. The molecule has 0 aromatic heterocycles. The molecule has 0 saturated heterocycles. The van der Waals surface area contributed by atoms with E-state index in [9.17, 15) is 4.79 Å². The van der Waals surface area contributed by atoms with E-state index in [0.29, 0.717) is 10.8 Å². The first-order valence-electron chi connectivity index (χ1n) is 5.63. The topological polar surface area (TPSA) is 35.5 Å². The average molecular weight is 257 g/mol. The molecule has 0 unspecified atom stereocenters. The quantitative estimate of drug-likeness (QED) is 0.759. The van der Waals surface area contributed by atoms with Gasteiger partial charge in [0.1, 0.15) is 5.75 Å². The molecule has 0 spiro atoms. The predicted molar refractivity (Wildman–Crippen MR) is 67.6 cm³/mol. The molecule has 0 aliphatic heterocycles. The van der Waals surface area contributed by atoms with Crippen molar-refractivity contribution in [3.63, 3.8) is 0 Å². The van der Waals surface area contributed by atoms with Gasteiger partial charge in [-0.25, -0.2) is 4.79 Å². The minimum Gasteiger partial charge on any atom is -0.482 e. The number of benzene rings is 1. The van der Waals surface area contributed by atoms with E-state index in [1.165, 1.54) is 0 Å². The smallest absolute Gasteiger partial charge is 0.344 e. The molecule has 0 bridgehead atoms. The molecule has 1 aromatic carbocycles. The lowest BCUT2D eigenvalue weighted by Gasteiger charge is -2.10. The molecule has 0 aliphatic carbocycles. The van der Waals surface area contributed by atoms with Crippen molar-refractivity contribution in [3.05, 3.63) is 28.8 Å². The summed E-state index contributed by atoms with van der Waals surface area (Å²) in [5.41, 5.74) is 1.00. The van der Waals surface area contributed by atoms with Crippen LogP contribution in [0.3, 0.4) is 0 Å². The minimum absolute atomic E-state index is 0.0804. The zero-order chi connectivity index (χ0) is 12.8. The second-order valence-corrected chi connectivity index (χ2v) is 4.34. The maximum absolute atomic E-state index is 11.3. The number of rotatable bonds is 5. The molecule has 0 N–H and O–H groups in total. The number of carbonyl (C=O) groups excluding carboxylic acids is 1. The first-order valence-corrected chi connectivity index (χ1v) is 6.01. The summed E-state index contributed by atoms with van der Waals surface area (Å²) in [7, 11) is 0. The van der Waals surface area contributed by atoms with Crippen molar-refractivity contribution in [3.8, 4) is 5.75 Å². The van der Waals surface area contributed by atoms with Gasteiger partial charge in [0.15, 0.2) is 6.61 Å². The van der Waals surface area contributed by atoms with Gasteiger partial charge >= 0.3 is 5.97 Å². The molecule has 0 radical (unpaired) electrons. The Bertz CT molecular complexity index is 388. The van der Waals surface area contributed by atoms with Crippen molar-refractivity contribution in [1.29, 1.82) is 0 Å². The van der Waals surface area contributed by atoms with Gasteiger partial charge in [0, 0.05) is 5.02 Å². The van der Waals surface area contributed by atoms with Crippen LogP contribution < -0.4 is 4.74 Å². The van der Waals surface area contributed by atoms with E-state index in [1.54, 1.807) is 26.0 Å². The Hall–Kier alpha value is -1.22. The van der Waals surface area contributed by atoms with Gasteiger partial charge in [-0.15, -0.1) is 0 Å². The molecule has 0 atom stereocenters. The van der Waals surface area contributed by atoms with Crippen LogP contribution in [0.25, 0.3) is 0 Å². The summed E-state index contributed by atoms with van der Waals surface area (Å²) in [6.45, 7) is 5.53. The lowest BCUT2D eigenvalue weighted by molar-refractivity contribution is -0.149. The molecule has 17 heavy (non-hydrogen) atoms. The summed E-state index contributed by atoms with van der Waals surface area (Å²) < 4.78 is 10.3. The van der Waals surface area contributed by atoms with Crippen LogP contribution in [0.15, 0.2) is 18.2 Å². The highest BCUT2D eigenvalue weighted by Gasteiger charge is 2.07. The highest BCUT2D eigenvalue weighted by Crippen LogP contribution is 2.22. The number of esters is 1. The molecule has 0 heterocycles. The summed E-state index contributed by atoms with van der Waals surface area (Å²) in [5, 5.41) is 0.713. The fraction of sp³-hybridized carbons (Fsp3) is 0.462. The summed E-state index contributed by atoms with van der Waals surface area (Å²) in [6, 6.07) is 5.35. The lowest BCUT2D eigenvalue weighted by atomic mass is 10.1. The third-order valence-corrected chi connectivity index (χ3v) is 2.49. The highest BCUT2D eigenvalue weighted by atomic mass is 35.5. The second kappa shape index (κ2) is 6.50. The van der Waals surface area contributed by atoms with Gasteiger partial charge in [-0.3, -0.25) is 0 Å². The lowest BCUT2D eigenvalue weighted by Crippen LogP contribution is -2.18. The maximum Gasteiger partial charge on any atom is 0.344 e. The van der Waals surface area contributed by atoms with Crippen molar-refractivity contribution in [2.24, 2.45) is 0 Å². The highest BCUT2D eigenvalue weighted by molar-refractivity contribution is 6.31. The van der Waals surface area contributed by atoms with Crippen molar-refractivity contribution >= 4 is 17.6 Å². The first-order chi connectivity index (χ1) is 8.02. The molecule has 1 rings (SSSR count). The predicted octanol–water partition coefficient (Wildman–Crippen LogP) is 3.23. The SMILES string of the molecule is CCc1cc(OCC(=O)OC(C)C)ccc1Cl. The van der Waals surface area contributed by atoms with Crippen LogP contribution in [-0.2, 0) is 16.0 Å². The normalized spacial score (nSPS) is 10.4. The Balaban J connectivity index is 2.55. The van der Waals surface area contributed by atoms with E-state index < -0.39 is 0 Å². The van der Waals surface area contributed by atoms with Crippen LogP contribution in [0.1, 0.15) is 26.3 Å². The van der Waals surface area contributed by atoms with Crippen LogP contribution in [0.5, 0.6) is 5.75 Å². The van der Waals surface area contributed by atoms with Crippen LogP contribution in [0, 0.1) is 0 Å². The van der Waals surface area contributed by atoms with Gasteiger partial charge < -0.3 is 9.47 Å². The van der Waals surface area contributed by atoms with E-state index in [1.807, 2.05) is 13.0 Å². The molecule has 0 aliphatic rings. The summed E-state index contributed by atoms with van der Waals surface area (Å²) in [6.07, 6.45) is 0.703. The molecular weight excluding hydrogens is 240 g/mol. The molecule has 94 valence electrons. The standard InChI is InChI=1S/C13H17ClO3/c1-4-10-7-11(5-6-12(10)14)16-8-13(15)17-9(2)3/h5-7,9H,4,8H2,1-3H3. The number of halogens is 1. The van der Waals surface area contributed by atoms with Gasteiger partial charge in [0.25, 0.3) is 0 Å². The second-order valence-electron chi connectivity index (χ2n) is 3.93. The Morgan fingerprint density at radius 3 is 2.71 bits per heavy atom. The van der Waals surface area contributed by atoms with E-state index in [-0.39, 0.29) is 18.7 Å². The zero-order valence-corrected chi connectivity index (χ0v) is 11.1. The van der Waals surface area contributed by atoms with Crippen molar-refractivity contribution in [2.75, 3.05) is 6.61 Å². The maximum atomic E-state index is 11.3. The van der Waals surface area contributed by atoms with Gasteiger partial charge in [-0.05, 0) is 44.0 Å². The van der Waals surface area contributed by atoms with E-state index in [2.05, 4.69) is 0 Å². The third kappa shape index (κ3) is 4.65. The monoisotopic (exact) mass is 256 g/mol. The first kappa shape index (κ1) is 13.8. The van der Waals surface area contributed by atoms with E-state index in [0.717, 1.165) is 12.0 Å². The molecule has 3 nitrogen and oxygen atoms in total. The number of ether oxygens (including phenoxy) is 2. The van der Waals surface area contributed by atoms with Crippen LogP contribution in [-0.4, -0.2) is 18.7 Å². The zero-order valence-electron chi connectivity index (χ0n) is 10.3. The molecule has 1 aromatic rings. The van der Waals surface area contributed by atoms with Gasteiger partial charge in [-0.2, -0.15) is 0 Å². The Kier molecular flexibility index (Phi) is 5.29. The van der Waals surface area contributed by atoms with Crippen molar-refractivity contribution in [1.82, 2.24) is 0 Å². The number of hydrogen-bond acceptors (Lipinski definition) is 3. The van der Waals surface area contributed by atoms with E-state index in [4.69, 9.17) is 21.1 Å². The number of aryl methyl sites for hydroxylation is 1. The third-order valence-electron chi connectivity index (χ3n) is 2.12. The molecule has 0 amide bonds.